The Hall–Kier alpha value is -1.14. The lowest BCUT2D eigenvalue weighted by atomic mass is 10.8. The first-order valence-electron chi connectivity index (χ1n) is 4.32. The maximum Gasteiger partial charge on any atom is 0.240 e. The summed E-state index contributed by atoms with van der Waals surface area (Å²) in [5, 5.41) is 0.825. The SMILES string of the molecule is CCSc1nc(Cl)nc(-n2ccnc2)n1. The van der Waals surface area contributed by atoms with Crippen molar-refractivity contribution >= 4 is 23.4 Å². The normalized spacial score (nSPS) is 10.5. The number of hydrogen-bond donors (Lipinski definition) is 0. The number of thioether (sulfide) groups is 1. The molecule has 0 amide bonds. The second-order valence-electron chi connectivity index (χ2n) is 2.59. The molecule has 0 spiro atoms. The highest BCUT2D eigenvalue weighted by Gasteiger charge is 2.05. The van der Waals surface area contributed by atoms with E-state index in [9.17, 15) is 0 Å². The van der Waals surface area contributed by atoms with Crippen LogP contribution < -0.4 is 0 Å². The number of halogens is 1. The van der Waals surface area contributed by atoms with Crippen LogP contribution in [0.1, 0.15) is 6.92 Å². The molecule has 0 saturated carbocycles. The minimum absolute atomic E-state index is 0.199. The molecule has 78 valence electrons. The average molecular weight is 242 g/mol. The Morgan fingerprint density at radius 1 is 1.40 bits per heavy atom. The molecule has 0 atom stereocenters. The molecule has 2 aromatic rings. The second kappa shape index (κ2) is 4.59. The summed E-state index contributed by atoms with van der Waals surface area (Å²) in [7, 11) is 0. The Balaban J connectivity index is 2.40. The van der Waals surface area contributed by atoms with Crippen molar-refractivity contribution in [1.29, 1.82) is 0 Å². The van der Waals surface area contributed by atoms with E-state index in [0.29, 0.717) is 11.1 Å². The molecule has 0 N–H and O–H groups in total. The van der Waals surface area contributed by atoms with E-state index < -0.39 is 0 Å². The predicted molar refractivity (Wildman–Crippen MR) is 58.4 cm³/mol. The standard InChI is InChI=1S/C8H8ClN5S/c1-2-15-8-12-6(9)11-7(13-8)14-4-3-10-5-14/h3-5H,2H2,1H3. The van der Waals surface area contributed by atoms with E-state index in [2.05, 4.69) is 19.9 Å². The van der Waals surface area contributed by atoms with Crippen LogP contribution in [-0.2, 0) is 0 Å². The molecular weight excluding hydrogens is 234 g/mol. The Morgan fingerprint density at radius 3 is 2.93 bits per heavy atom. The van der Waals surface area contributed by atoms with Crippen LogP contribution in [0.5, 0.6) is 0 Å². The summed E-state index contributed by atoms with van der Waals surface area (Å²) in [5.41, 5.74) is 0. The van der Waals surface area contributed by atoms with Crippen molar-refractivity contribution in [3.63, 3.8) is 0 Å². The minimum atomic E-state index is 0.199. The van der Waals surface area contributed by atoms with E-state index in [4.69, 9.17) is 11.6 Å². The van der Waals surface area contributed by atoms with Gasteiger partial charge in [0.2, 0.25) is 11.2 Å². The molecule has 15 heavy (non-hydrogen) atoms. The Kier molecular flexibility index (Phi) is 3.17. The maximum absolute atomic E-state index is 5.79. The Morgan fingerprint density at radius 2 is 2.27 bits per heavy atom. The predicted octanol–water partition coefficient (Wildman–Crippen LogP) is 1.82. The number of imidazole rings is 1. The van der Waals surface area contributed by atoms with Crippen LogP contribution in [0.4, 0.5) is 0 Å². The van der Waals surface area contributed by atoms with Gasteiger partial charge in [0, 0.05) is 12.4 Å². The highest BCUT2D eigenvalue weighted by molar-refractivity contribution is 7.99. The smallest absolute Gasteiger partial charge is 0.240 e. The summed E-state index contributed by atoms with van der Waals surface area (Å²) in [6.45, 7) is 2.03. The quantitative estimate of drug-likeness (QED) is 0.768. The van der Waals surface area contributed by atoms with Gasteiger partial charge in [0.05, 0.1) is 0 Å². The van der Waals surface area contributed by atoms with Gasteiger partial charge in [-0.2, -0.15) is 15.0 Å². The van der Waals surface area contributed by atoms with Crippen molar-refractivity contribution in [2.45, 2.75) is 12.1 Å². The van der Waals surface area contributed by atoms with E-state index in [1.54, 1.807) is 23.3 Å². The van der Waals surface area contributed by atoms with E-state index >= 15 is 0 Å². The first kappa shape index (κ1) is 10.4. The lowest BCUT2D eigenvalue weighted by Crippen LogP contribution is -2.02. The molecule has 5 nitrogen and oxygen atoms in total. The van der Waals surface area contributed by atoms with Crippen LogP contribution in [0.15, 0.2) is 23.9 Å². The summed E-state index contributed by atoms with van der Waals surface area (Å²) in [6.07, 6.45) is 5.03. The van der Waals surface area contributed by atoms with Gasteiger partial charge >= 0.3 is 0 Å². The van der Waals surface area contributed by atoms with Gasteiger partial charge in [0.1, 0.15) is 6.33 Å². The number of rotatable bonds is 3. The first-order valence-corrected chi connectivity index (χ1v) is 5.68. The second-order valence-corrected chi connectivity index (χ2v) is 4.16. The highest BCUT2D eigenvalue weighted by atomic mass is 35.5. The van der Waals surface area contributed by atoms with Gasteiger partial charge < -0.3 is 0 Å². The highest BCUT2D eigenvalue weighted by Crippen LogP contribution is 2.15. The summed E-state index contributed by atoms with van der Waals surface area (Å²) in [5.74, 6) is 1.38. The average Bonchev–Trinajstić information content (AvgIpc) is 2.70. The fourth-order valence-electron chi connectivity index (χ4n) is 1.01. The molecule has 7 heteroatoms. The van der Waals surface area contributed by atoms with E-state index in [1.807, 2.05) is 6.92 Å². The van der Waals surface area contributed by atoms with Crippen molar-refractivity contribution in [2.75, 3.05) is 5.75 Å². The van der Waals surface area contributed by atoms with Crippen LogP contribution in [0, 0.1) is 0 Å². The summed E-state index contributed by atoms with van der Waals surface area (Å²) in [4.78, 5) is 16.2. The third kappa shape index (κ3) is 2.45. The zero-order chi connectivity index (χ0) is 10.7. The summed E-state index contributed by atoms with van der Waals surface area (Å²) < 4.78 is 1.69. The first-order chi connectivity index (χ1) is 7.29. The number of aromatic nitrogens is 5. The Labute approximate surface area is 95.9 Å². The fourth-order valence-corrected chi connectivity index (χ4v) is 1.77. The zero-order valence-corrected chi connectivity index (χ0v) is 9.53. The van der Waals surface area contributed by atoms with Gasteiger partial charge in [0.15, 0.2) is 5.16 Å². The molecule has 0 radical (unpaired) electrons. The van der Waals surface area contributed by atoms with Crippen LogP contribution in [-0.4, -0.2) is 30.3 Å². The minimum Gasteiger partial charge on any atom is -0.274 e. The molecule has 0 saturated heterocycles. The molecule has 0 aliphatic rings. The van der Waals surface area contributed by atoms with Gasteiger partial charge in [-0.15, -0.1) is 0 Å². The largest absolute Gasteiger partial charge is 0.274 e. The molecule has 0 bridgehead atoms. The molecule has 0 fully saturated rings. The van der Waals surface area contributed by atoms with Gasteiger partial charge in [0.25, 0.3) is 0 Å². The monoisotopic (exact) mass is 241 g/mol. The van der Waals surface area contributed by atoms with E-state index in [1.165, 1.54) is 11.8 Å². The van der Waals surface area contributed by atoms with Gasteiger partial charge in [-0.05, 0) is 17.4 Å². The van der Waals surface area contributed by atoms with Crippen LogP contribution in [0.25, 0.3) is 5.95 Å². The molecule has 2 heterocycles. The topological polar surface area (TPSA) is 56.5 Å². The molecule has 0 unspecified atom stereocenters. The summed E-state index contributed by atoms with van der Waals surface area (Å²) in [6, 6.07) is 0. The lowest BCUT2D eigenvalue weighted by molar-refractivity contribution is 0.823. The fraction of sp³-hybridized carbons (Fsp3) is 0.250. The third-order valence-corrected chi connectivity index (χ3v) is 2.48. The molecule has 2 aromatic heterocycles. The van der Waals surface area contributed by atoms with Crippen molar-refractivity contribution in [3.8, 4) is 5.95 Å². The van der Waals surface area contributed by atoms with E-state index in [0.717, 1.165) is 5.75 Å². The zero-order valence-electron chi connectivity index (χ0n) is 7.96. The van der Waals surface area contributed by atoms with Gasteiger partial charge in [-0.3, -0.25) is 4.57 Å². The van der Waals surface area contributed by atoms with Crippen molar-refractivity contribution in [3.05, 3.63) is 24.0 Å². The lowest BCUT2D eigenvalue weighted by Gasteiger charge is -2.02. The van der Waals surface area contributed by atoms with Gasteiger partial charge in [-0.25, -0.2) is 4.98 Å². The third-order valence-electron chi connectivity index (χ3n) is 1.58. The molecule has 2 rings (SSSR count). The molecular formula is C8H8ClN5S. The van der Waals surface area contributed by atoms with Crippen LogP contribution in [0.3, 0.4) is 0 Å². The Bertz CT molecular complexity index is 444. The molecule has 0 aliphatic carbocycles. The van der Waals surface area contributed by atoms with Crippen LogP contribution in [0.2, 0.25) is 5.28 Å². The van der Waals surface area contributed by atoms with Gasteiger partial charge in [-0.1, -0.05) is 18.7 Å². The van der Waals surface area contributed by atoms with E-state index in [-0.39, 0.29) is 5.28 Å². The summed E-state index contributed by atoms with van der Waals surface area (Å²) >= 11 is 7.31. The van der Waals surface area contributed by atoms with Crippen molar-refractivity contribution < 1.29 is 0 Å². The maximum atomic E-state index is 5.79. The number of nitrogens with zero attached hydrogens (tertiary/aromatic N) is 5. The number of hydrogen-bond acceptors (Lipinski definition) is 5. The molecule has 0 aliphatic heterocycles. The van der Waals surface area contributed by atoms with Crippen molar-refractivity contribution in [2.24, 2.45) is 0 Å². The van der Waals surface area contributed by atoms with Crippen LogP contribution >= 0.6 is 23.4 Å². The molecule has 0 aromatic carbocycles. The van der Waals surface area contributed by atoms with Crippen molar-refractivity contribution in [1.82, 2.24) is 24.5 Å².